The van der Waals surface area contributed by atoms with Gasteiger partial charge in [-0.15, -0.1) is 0 Å². The number of amides is 1. The molecule has 1 unspecified atom stereocenters. The Morgan fingerprint density at radius 1 is 1.71 bits per heavy atom. The zero-order valence-corrected chi connectivity index (χ0v) is 8.14. The number of hydrogen-bond acceptors (Lipinski definition) is 4. The molecule has 14 heavy (non-hydrogen) atoms. The van der Waals surface area contributed by atoms with Crippen LogP contribution in [-0.4, -0.2) is 43.1 Å². The number of carbonyl (C=O) groups excluding carboxylic acids is 1. The van der Waals surface area contributed by atoms with Gasteiger partial charge in [0, 0.05) is 26.5 Å². The van der Waals surface area contributed by atoms with Crippen LogP contribution >= 0.6 is 0 Å². The minimum atomic E-state index is -1.32. The predicted molar refractivity (Wildman–Crippen MR) is 54.9 cm³/mol. The van der Waals surface area contributed by atoms with Gasteiger partial charge >= 0.3 is 0 Å². The molecule has 0 saturated carbocycles. The molecule has 0 fully saturated rings. The molecule has 6 heteroatoms. The summed E-state index contributed by atoms with van der Waals surface area (Å²) in [6.07, 6.45) is 5.73. The van der Waals surface area contributed by atoms with Gasteiger partial charge in [0.05, 0.1) is 12.6 Å². The molecule has 1 atom stereocenters. The van der Waals surface area contributed by atoms with Crippen LogP contribution in [0.2, 0.25) is 0 Å². The molecule has 0 aromatic carbocycles. The molecular formula is C8H13N5O. The molecular weight excluding hydrogens is 182 g/mol. The van der Waals surface area contributed by atoms with Crippen molar-refractivity contribution in [1.29, 1.82) is 0 Å². The van der Waals surface area contributed by atoms with Crippen molar-refractivity contribution in [2.24, 2.45) is 15.7 Å². The fraction of sp³-hybridized carbons (Fsp3) is 0.375. The molecule has 0 radical (unpaired) electrons. The minimum Gasteiger partial charge on any atom is -0.369 e. The molecule has 1 amide bonds. The van der Waals surface area contributed by atoms with Crippen LogP contribution in [0.5, 0.6) is 0 Å². The number of rotatable bonds is 2. The summed E-state index contributed by atoms with van der Waals surface area (Å²) in [4.78, 5) is 20.6. The van der Waals surface area contributed by atoms with E-state index in [2.05, 4.69) is 15.3 Å². The van der Waals surface area contributed by atoms with E-state index in [-0.39, 0.29) is 0 Å². The third-order valence-corrected chi connectivity index (χ3v) is 1.52. The largest absolute Gasteiger partial charge is 0.369 e. The van der Waals surface area contributed by atoms with Gasteiger partial charge in [0.1, 0.15) is 0 Å². The van der Waals surface area contributed by atoms with Gasteiger partial charge in [-0.3, -0.25) is 15.5 Å². The second-order valence-electron chi connectivity index (χ2n) is 3.12. The van der Waals surface area contributed by atoms with Crippen LogP contribution in [0.1, 0.15) is 0 Å². The highest BCUT2D eigenvalue weighted by Crippen LogP contribution is 2.00. The maximum absolute atomic E-state index is 11.5. The summed E-state index contributed by atoms with van der Waals surface area (Å²) in [6.45, 7) is 0. The quantitative estimate of drug-likeness (QED) is 0.433. The first-order chi connectivity index (χ1) is 6.54. The molecule has 0 aliphatic carbocycles. The first-order valence-electron chi connectivity index (χ1n) is 4.05. The lowest BCUT2D eigenvalue weighted by Crippen LogP contribution is -2.59. The van der Waals surface area contributed by atoms with Gasteiger partial charge in [0.15, 0.2) is 0 Å². The molecule has 1 heterocycles. The van der Waals surface area contributed by atoms with E-state index < -0.39 is 11.6 Å². The summed E-state index contributed by atoms with van der Waals surface area (Å²) in [6, 6.07) is 0. The highest BCUT2D eigenvalue weighted by molar-refractivity contribution is 6.05. The Kier molecular flexibility index (Phi) is 2.98. The second kappa shape index (κ2) is 4.01. The summed E-state index contributed by atoms with van der Waals surface area (Å²) < 4.78 is 0. The fourth-order valence-corrected chi connectivity index (χ4v) is 0.808. The molecule has 76 valence electrons. The molecule has 0 aromatic rings. The Bertz CT molecular complexity index is 307. The SMILES string of the molecule is CN(C)C=NC(=O)C1(N)C=NC=CN1. The van der Waals surface area contributed by atoms with Crippen molar-refractivity contribution in [3.63, 3.8) is 0 Å². The van der Waals surface area contributed by atoms with Crippen molar-refractivity contribution in [1.82, 2.24) is 10.2 Å². The number of nitrogens with one attached hydrogen (secondary N) is 1. The number of nitrogens with two attached hydrogens (primary N) is 1. The maximum atomic E-state index is 11.5. The third-order valence-electron chi connectivity index (χ3n) is 1.52. The van der Waals surface area contributed by atoms with E-state index >= 15 is 0 Å². The smallest absolute Gasteiger partial charge is 0.293 e. The van der Waals surface area contributed by atoms with Gasteiger partial charge in [-0.05, 0) is 0 Å². The average molecular weight is 195 g/mol. The summed E-state index contributed by atoms with van der Waals surface area (Å²) in [5.74, 6) is -0.487. The summed E-state index contributed by atoms with van der Waals surface area (Å²) in [7, 11) is 3.53. The Morgan fingerprint density at radius 3 is 2.93 bits per heavy atom. The summed E-state index contributed by atoms with van der Waals surface area (Å²) in [5.41, 5.74) is 4.38. The van der Waals surface area contributed by atoms with Crippen molar-refractivity contribution < 1.29 is 4.79 Å². The highest BCUT2D eigenvalue weighted by atomic mass is 16.2. The highest BCUT2D eigenvalue weighted by Gasteiger charge is 2.31. The second-order valence-corrected chi connectivity index (χ2v) is 3.12. The maximum Gasteiger partial charge on any atom is 0.293 e. The molecule has 0 saturated heterocycles. The lowest BCUT2D eigenvalue weighted by atomic mass is 10.2. The Labute approximate surface area is 82.2 Å². The van der Waals surface area contributed by atoms with Crippen molar-refractivity contribution in [2.45, 2.75) is 5.66 Å². The molecule has 0 aromatic heterocycles. The Balaban J connectivity index is 2.69. The van der Waals surface area contributed by atoms with Crippen LogP contribution in [-0.2, 0) is 4.79 Å². The molecule has 6 nitrogen and oxygen atoms in total. The lowest BCUT2D eigenvalue weighted by molar-refractivity contribution is -0.121. The van der Waals surface area contributed by atoms with Gasteiger partial charge in [-0.2, -0.15) is 0 Å². The summed E-state index contributed by atoms with van der Waals surface area (Å²) in [5, 5.41) is 2.69. The minimum absolute atomic E-state index is 0.487. The van der Waals surface area contributed by atoms with Crippen molar-refractivity contribution >= 4 is 18.5 Å². The monoisotopic (exact) mass is 195 g/mol. The van der Waals surface area contributed by atoms with Crippen LogP contribution in [0.4, 0.5) is 0 Å². The van der Waals surface area contributed by atoms with Gasteiger partial charge in [-0.25, -0.2) is 4.99 Å². The molecule has 0 bridgehead atoms. The first-order valence-corrected chi connectivity index (χ1v) is 4.05. The topological polar surface area (TPSA) is 83.1 Å². The van der Waals surface area contributed by atoms with Crippen LogP contribution in [0, 0.1) is 0 Å². The van der Waals surface area contributed by atoms with E-state index in [0.717, 1.165) is 0 Å². The number of carbonyl (C=O) groups is 1. The van der Waals surface area contributed by atoms with Gasteiger partial charge < -0.3 is 10.2 Å². The van der Waals surface area contributed by atoms with Crippen molar-refractivity contribution in [3.8, 4) is 0 Å². The predicted octanol–water partition coefficient (Wildman–Crippen LogP) is -1.10. The first kappa shape index (κ1) is 10.4. The number of hydrogen-bond donors (Lipinski definition) is 2. The van der Waals surface area contributed by atoms with Crippen LogP contribution < -0.4 is 11.1 Å². The lowest BCUT2D eigenvalue weighted by Gasteiger charge is -2.23. The summed E-state index contributed by atoms with van der Waals surface area (Å²) >= 11 is 0. The van der Waals surface area contributed by atoms with Crippen LogP contribution in [0.3, 0.4) is 0 Å². The number of nitrogens with zero attached hydrogens (tertiary/aromatic N) is 3. The van der Waals surface area contributed by atoms with Crippen molar-refractivity contribution in [3.05, 3.63) is 12.4 Å². The van der Waals surface area contributed by atoms with E-state index in [1.807, 2.05) is 0 Å². The van der Waals surface area contributed by atoms with Gasteiger partial charge in [-0.1, -0.05) is 0 Å². The standard InChI is InChI=1S/C8H13N5O/c1-13(2)6-11-7(14)8(9)5-10-3-4-12-8/h3-6,12H,9H2,1-2H3. The van der Waals surface area contributed by atoms with E-state index in [9.17, 15) is 4.79 Å². The Morgan fingerprint density at radius 2 is 2.43 bits per heavy atom. The normalized spacial score (nSPS) is 25.1. The van der Waals surface area contributed by atoms with Crippen molar-refractivity contribution in [2.75, 3.05) is 14.1 Å². The van der Waals surface area contributed by atoms with E-state index in [1.54, 1.807) is 19.0 Å². The molecule has 1 aliphatic heterocycles. The zero-order valence-electron chi connectivity index (χ0n) is 8.14. The van der Waals surface area contributed by atoms with E-state index in [0.29, 0.717) is 0 Å². The van der Waals surface area contributed by atoms with E-state index in [1.165, 1.54) is 25.0 Å². The van der Waals surface area contributed by atoms with Crippen LogP contribution in [0.25, 0.3) is 0 Å². The molecule has 3 N–H and O–H groups in total. The van der Waals surface area contributed by atoms with Gasteiger partial charge in [0.25, 0.3) is 5.91 Å². The Hall–Kier alpha value is -1.69. The van der Waals surface area contributed by atoms with Crippen LogP contribution in [0.15, 0.2) is 22.4 Å². The molecule has 1 rings (SSSR count). The molecule has 1 aliphatic rings. The zero-order chi connectivity index (χ0) is 10.6. The van der Waals surface area contributed by atoms with Gasteiger partial charge in [0.2, 0.25) is 5.66 Å². The number of aliphatic imine (C=N–C) groups is 2. The fourth-order valence-electron chi connectivity index (χ4n) is 0.808. The average Bonchev–Trinajstić information content (AvgIpc) is 2.15. The van der Waals surface area contributed by atoms with E-state index in [4.69, 9.17) is 5.73 Å². The third kappa shape index (κ3) is 2.40. The molecule has 0 spiro atoms.